The van der Waals surface area contributed by atoms with Crippen molar-refractivity contribution in [1.29, 1.82) is 0 Å². The van der Waals surface area contributed by atoms with Crippen molar-refractivity contribution >= 4 is 11.8 Å². The fourth-order valence-corrected chi connectivity index (χ4v) is 2.87. The second-order valence-corrected chi connectivity index (χ2v) is 5.62. The lowest BCUT2D eigenvalue weighted by molar-refractivity contribution is -0.136. The van der Waals surface area contributed by atoms with E-state index in [0.29, 0.717) is 26.2 Å². The first-order chi connectivity index (χ1) is 10.7. The van der Waals surface area contributed by atoms with E-state index in [0.717, 1.165) is 6.42 Å². The second-order valence-electron chi connectivity index (χ2n) is 5.62. The molecule has 0 unspecified atom stereocenters. The van der Waals surface area contributed by atoms with E-state index in [-0.39, 0.29) is 30.8 Å². The van der Waals surface area contributed by atoms with Crippen LogP contribution in [-0.2, 0) is 16.0 Å². The SMILES string of the molecule is CCN(CCO)C(=O)[C@@H]1CC(=O)N(CCc2ccccc2)C1. The molecule has 1 heterocycles. The van der Waals surface area contributed by atoms with Gasteiger partial charge in [0, 0.05) is 32.6 Å². The van der Waals surface area contributed by atoms with Crippen LogP contribution in [0.2, 0.25) is 0 Å². The largest absolute Gasteiger partial charge is 0.395 e. The van der Waals surface area contributed by atoms with Gasteiger partial charge < -0.3 is 14.9 Å². The Hall–Kier alpha value is -1.88. The number of carbonyl (C=O) groups is 2. The standard InChI is InChI=1S/C17H24N2O3/c1-2-18(10-11-20)17(22)15-12-16(21)19(13-15)9-8-14-6-4-3-5-7-14/h3-7,15,20H,2,8-13H2,1H3/t15-/m1/s1. The van der Waals surface area contributed by atoms with Gasteiger partial charge in [0.15, 0.2) is 0 Å². The maximum Gasteiger partial charge on any atom is 0.228 e. The second kappa shape index (κ2) is 7.94. The van der Waals surface area contributed by atoms with Gasteiger partial charge in [-0.2, -0.15) is 0 Å². The molecule has 1 aliphatic rings. The molecule has 1 aliphatic heterocycles. The average molecular weight is 304 g/mol. The molecule has 0 saturated carbocycles. The molecule has 2 rings (SSSR count). The summed E-state index contributed by atoms with van der Waals surface area (Å²) in [6.45, 7) is 3.89. The number of likely N-dealkylation sites (tertiary alicyclic amines) is 1. The Labute approximate surface area is 131 Å². The Morgan fingerprint density at radius 2 is 2.09 bits per heavy atom. The first-order valence-corrected chi connectivity index (χ1v) is 7.87. The number of hydrogen-bond donors (Lipinski definition) is 1. The van der Waals surface area contributed by atoms with Crippen molar-refractivity contribution in [2.24, 2.45) is 5.92 Å². The van der Waals surface area contributed by atoms with Gasteiger partial charge in [-0.3, -0.25) is 9.59 Å². The fourth-order valence-electron chi connectivity index (χ4n) is 2.87. The summed E-state index contributed by atoms with van der Waals surface area (Å²) in [6, 6.07) is 10.0. The van der Waals surface area contributed by atoms with Crippen LogP contribution in [0.5, 0.6) is 0 Å². The topological polar surface area (TPSA) is 60.9 Å². The fraction of sp³-hybridized carbons (Fsp3) is 0.529. The highest BCUT2D eigenvalue weighted by Crippen LogP contribution is 2.20. The Bertz CT molecular complexity index is 504. The minimum Gasteiger partial charge on any atom is -0.395 e. The van der Waals surface area contributed by atoms with Crippen LogP contribution in [0.1, 0.15) is 18.9 Å². The molecule has 1 atom stereocenters. The van der Waals surface area contributed by atoms with E-state index in [1.165, 1.54) is 5.56 Å². The number of aliphatic hydroxyl groups excluding tert-OH is 1. The van der Waals surface area contributed by atoms with Crippen LogP contribution in [0.3, 0.4) is 0 Å². The Balaban J connectivity index is 1.88. The van der Waals surface area contributed by atoms with Crippen molar-refractivity contribution in [2.75, 3.05) is 32.8 Å². The normalized spacial score (nSPS) is 17.8. The van der Waals surface area contributed by atoms with E-state index in [9.17, 15) is 9.59 Å². The predicted molar refractivity (Wildman–Crippen MR) is 84.2 cm³/mol. The quantitative estimate of drug-likeness (QED) is 0.815. The Morgan fingerprint density at radius 1 is 1.36 bits per heavy atom. The van der Waals surface area contributed by atoms with Crippen molar-refractivity contribution in [1.82, 2.24) is 9.80 Å². The lowest BCUT2D eigenvalue weighted by Crippen LogP contribution is -2.39. The minimum atomic E-state index is -0.269. The Morgan fingerprint density at radius 3 is 2.73 bits per heavy atom. The molecule has 5 heteroatoms. The highest BCUT2D eigenvalue weighted by atomic mass is 16.3. The first kappa shape index (κ1) is 16.5. The summed E-state index contributed by atoms with van der Waals surface area (Å²) < 4.78 is 0. The number of benzene rings is 1. The van der Waals surface area contributed by atoms with Crippen LogP contribution in [0.15, 0.2) is 30.3 Å². The van der Waals surface area contributed by atoms with E-state index < -0.39 is 0 Å². The summed E-state index contributed by atoms with van der Waals surface area (Å²) in [6.07, 6.45) is 1.09. The average Bonchev–Trinajstić information content (AvgIpc) is 2.92. The third-order valence-electron chi connectivity index (χ3n) is 4.14. The lowest BCUT2D eigenvalue weighted by Gasteiger charge is -2.23. The van der Waals surface area contributed by atoms with Gasteiger partial charge in [0.2, 0.25) is 11.8 Å². The maximum absolute atomic E-state index is 12.4. The summed E-state index contributed by atoms with van der Waals surface area (Å²) in [5.41, 5.74) is 1.19. The summed E-state index contributed by atoms with van der Waals surface area (Å²) in [5.74, 6) is -0.240. The minimum absolute atomic E-state index is 0.0212. The summed E-state index contributed by atoms with van der Waals surface area (Å²) >= 11 is 0. The van der Waals surface area contributed by atoms with Gasteiger partial charge in [0.05, 0.1) is 12.5 Å². The molecule has 1 aromatic rings. The molecule has 1 N–H and O–H groups in total. The number of rotatable bonds is 7. The van der Waals surface area contributed by atoms with E-state index in [1.54, 1.807) is 9.80 Å². The number of likely N-dealkylation sites (N-methyl/N-ethyl adjacent to an activating group) is 1. The molecule has 2 amide bonds. The zero-order chi connectivity index (χ0) is 15.9. The lowest BCUT2D eigenvalue weighted by atomic mass is 10.1. The molecule has 0 spiro atoms. The van der Waals surface area contributed by atoms with E-state index >= 15 is 0 Å². The number of nitrogens with zero attached hydrogens (tertiary/aromatic N) is 2. The van der Waals surface area contributed by atoms with Crippen LogP contribution in [-0.4, -0.2) is 59.5 Å². The van der Waals surface area contributed by atoms with Gasteiger partial charge in [0.1, 0.15) is 0 Å². The molecule has 0 aliphatic carbocycles. The van der Waals surface area contributed by atoms with Crippen LogP contribution in [0.4, 0.5) is 0 Å². The first-order valence-electron chi connectivity index (χ1n) is 7.87. The smallest absolute Gasteiger partial charge is 0.228 e. The monoisotopic (exact) mass is 304 g/mol. The van der Waals surface area contributed by atoms with Crippen LogP contribution in [0.25, 0.3) is 0 Å². The molecule has 22 heavy (non-hydrogen) atoms. The zero-order valence-corrected chi connectivity index (χ0v) is 13.1. The Kier molecular flexibility index (Phi) is 5.95. The van der Waals surface area contributed by atoms with Crippen molar-refractivity contribution in [2.45, 2.75) is 19.8 Å². The van der Waals surface area contributed by atoms with Gasteiger partial charge in [0.25, 0.3) is 0 Å². The van der Waals surface area contributed by atoms with Crippen molar-refractivity contribution < 1.29 is 14.7 Å². The highest BCUT2D eigenvalue weighted by Gasteiger charge is 2.35. The summed E-state index contributed by atoms with van der Waals surface area (Å²) in [7, 11) is 0. The van der Waals surface area contributed by atoms with Crippen molar-refractivity contribution in [3.05, 3.63) is 35.9 Å². The predicted octanol–water partition coefficient (Wildman–Crippen LogP) is 0.918. The molecule has 120 valence electrons. The molecule has 0 radical (unpaired) electrons. The van der Waals surface area contributed by atoms with Crippen molar-refractivity contribution in [3.8, 4) is 0 Å². The molecule has 0 aromatic heterocycles. The third kappa shape index (κ3) is 4.07. The third-order valence-corrected chi connectivity index (χ3v) is 4.14. The zero-order valence-electron chi connectivity index (χ0n) is 13.1. The maximum atomic E-state index is 12.4. The van der Waals surface area contributed by atoms with E-state index in [1.807, 2.05) is 37.3 Å². The highest BCUT2D eigenvalue weighted by molar-refractivity contribution is 5.89. The van der Waals surface area contributed by atoms with Crippen molar-refractivity contribution in [3.63, 3.8) is 0 Å². The molecule has 1 saturated heterocycles. The van der Waals surface area contributed by atoms with Gasteiger partial charge >= 0.3 is 0 Å². The molecule has 1 fully saturated rings. The molecule has 5 nitrogen and oxygen atoms in total. The van der Waals surface area contributed by atoms with E-state index in [4.69, 9.17) is 5.11 Å². The molecular weight excluding hydrogens is 280 g/mol. The summed E-state index contributed by atoms with van der Waals surface area (Å²) in [4.78, 5) is 27.9. The van der Waals surface area contributed by atoms with Crippen LogP contribution < -0.4 is 0 Å². The van der Waals surface area contributed by atoms with Gasteiger partial charge in [-0.1, -0.05) is 30.3 Å². The van der Waals surface area contributed by atoms with Gasteiger partial charge in [-0.15, -0.1) is 0 Å². The summed E-state index contributed by atoms with van der Waals surface area (Å²) in [5, 5.41) is 9.00. The number of hydrogen-bond acceptors (Lipinski definition) is 3. The molecular formula is C17H24N2O3. The van der Waals surface area contributed by atoms with E-state index in [2.05, 4.69) is 0 Å². The number of amides is 2. The number of aliphatic hydroxyl groups is 1. The molecule has 1 aromatic carbocycles. The van der Waals surface area contributed by atoms with Crippen LogP contribution >= 0.6 is 0 Å². The van der Waals surface area contributed by atoms with Gasteiger partial charge in [-0.05, 0) is 18.9 Å². The molecule has 0 bridgehead atoms. The number of carbonyl (C=O) groups excluding carboxylic acids is 2. The van der Waals surface area contributed by atoms with Crippen LogP contribution in [0, 0.1) is 5.92 Å². The van der Waals surface area contributed by atoms with Gasteiger partial charge in [-0.25, -0.2) is 0 Å².